The van der Waals surface area contributed by atoms with Crippen LogP contribution in [0.1, 0.15) is 200 Å². The fourth-order valence-corrected chi connectivity index (χ4v) is 12.1. The minimum atomic E-state index is -0.731. The number of rotatable bonds is 16. The zero-order valence-electron chi connectivity index (χ0n) is 49.9. The van der Waals surface area contributed by atoms with Crippen LogP contribution in [-0.2, 0) is 18.9 Å². The molecule has 0 radical (unpaired) electrons. The first kappa shape index (κ1) is 72.5. The third-order valence-electron chi connectivity index (χ3n) is 17.0. The summed E-state index contributed by atoms with van der Waals surface area (Å²) >= 11 is 5.07. The summed E-state index contributed by atoms with van der Waals surface area (Å²) in [4.78, 5) is 0. The number of epoxide rings is 1. The van der Waals surface area contributed by atoms with Crippen LogP contribution in [0.25, 0.3) is 0 Å². The molecule has 0 amide bonds. The van der Waals surface area contributed by atoms with Crippen molar-refractivity contribution in [3.05, 3.63) is 25.3 Å². The Labute approximate surface area is 473 Å². The van der Waals surface area contributed by atoms with Gasteiger partial charge in [0.25, 0.3) is 0 Å². The first-order valence-corrected chi connectivity index (χ1v) is 29.9. The van der Waals surface area contributed by atoms with E-state index in [1.54, 1.807) is 6.08 Å². The third kappa shape index (κ3) is 30.6. The minimum absolute atomic E-state index is 0. The van der Waals surface area contributed by atoms with Gasteiger partial charge in [0.1, 0.15) is 12.2 Å². The summed E-state index contributed by atoms with van der Waals surface area (Å²) in [6, 6.07) is 0. The maximum absolute atomic E-state index is 11.5. The average molecular weight is 1050 g/mol. The second-order valence-corrected chi connectivity index (χ2v) is 25.7. The molecular formula is C62H118ClNaO8. The maximum atomic E-state index is 11.5. The van der Waals surface area contributed by atoms with Crippen LogP contribution in [0.4, 0.5) is 0 Å². The zero-order valence-corrected chi connectivity index (χ0v) is 52.6. The van der Waals surface area contributed by atoms with Gasteiger partial charge in [-0.05, 0) is 134 Å². The molecule has 0 spiro atoms. The Morgan fingerprint density at radius 2 is 0.903 bits per heavy atom. The number of aliphatic hydroxyl groups is 3. The number of ether oxygens (including phenoxy) is 4. The van der Waals surface area contributed by atoms with E-state index in [0.717, 1.165) is 80.3 Å². The van der Waals surface area contributed by atoms with Crippen molar-refractivity contribution in [1.29, 1.82) is 0 Å². The molecule has 5 saturated carbocycles. The monoisotopic (exact) mass is 1050 g/mol. The van der Waals surface area contributed by atoms with Crippen LogP contribution in [0.5, 0.6) is 0 Å². The van der Waals surface area contributed by atoms with Gasteiger partial charge in [0.15, 0.2) is 0 Å². The topological polar surface area (TPSA) is 124 Å². The quantitative estimate of drug-likeness (QED) is 0.0604. The van der Waals surface area contributed by atoms with Gasteiger partial charge in [-0.15, -0.1) is 30.9 Å². The van der Waals surface area contributed by atoms with Gasteiger partial charge in [-0.2, -0.15) is 0 Å². The molecule has 72 heavy (non-hydrogen) atoms. The van der Waals surface area contributed by atoms with Crippen molar-refractivity contribution in [3.8, 4) is 0 Å². The van der Waals surface area contributed by atoms with Crippen molar-refractivity contribution in [2.24, 2.45) is 88.8 Å². The Bertz CT molecular complexity index is 1280. The van der Waals surface area contributed by atoms with Crippen LogP contribution in [0, 0.1) is 88.8 Å². The summed E-state index contributed by atoms with van der Waals surface area (Å²) in [6.07, 6.45) is 22.4. The van der Waals surface area contributed by atoms with Gasteiger partial charge in [-0.3, -0.25) is 0 Å². The van der Waals surface area contributed by atoms with E-state index in [4.69, 9.17) is 35.7 Å². The van der Waals surface area contributed by atoms with Crippen LogP contribution in [0.15, 0.2) is 25.3 Å². The summed E-state index contributed by atoms with van der Waals surface area (Å²) in [5, 5.41) is 39.3. The molecule has 2 unspecified atom stereocenters. The van der Waals surface area contributed by atoms with Crippen molar-refractivity contribution in [2.75, 3.05) is 38.9 Å². The molecule has 1 saturated heterocycles. The van der Waals surface area contributed by atoms with Gasteiger partial charge in [-0.1, -0.05) is 167 Å². The van der Waals surface area contributed by atoms with Gasteiger partial charge in [0, 0.05) is 5.88 Å². The molecular weight excluding hydrogens is 931 g/mol. The first-order valence-electron chi connectivity index (χ1n) is 29.4. The molecule has 8 nitrogen and oxygen atoms in total. The summed E-state index contributed by atoms with van der Waals surface area (Å²) in [7, 11) is 0. The summed E-state index contributed by atoms with van der Waals surface area (Å²) < 4.78 is 22.9. The van der Waals surface area contributed by atoms with Gasteiger partial charge in [-0.25, -0.2) is 0 Å². The molecule has 0 aromatic rings. The van der Waals surface area contributed by atoms with E-state index in [1.165, 1.54) is 70.6 Å². The number of hydrogen-bond acceptors (Lipinski definition) is 8. The smallest absolute Gasteiger partial charge is 0.852 e. The third-order valence-corrected chi connectivity index (χ3v) is 17.2. The standard InChI is InChI=1S/C13H26O3.C13H24O2.C13H24O.C10H20O.C10H19O.C3H5Cl.Na/c1-9(2)12-5-4-10(3)6-13(12)16-8-11(15)7-14;1-9(2)12-5-4-10(3)6-13(12)15-8-11-7-14-11;1-5-8-14-13-9-11(4)6-7-12(13)10(2)3;2*1-7(2)9-5-4-8(3)6-10(9)11;1-2-3-4;/h9-15H,4-8H2,1-3H3;9-13H,4-8H2,1-3H3;5,10-13H,1,6-9H2,2-4H3;7-11H,4-6H2,1-3H3;7-10H,4-6H2,1-3H3;2H,1,3H2;/q;;;;-1;;+1/t2*10-,11?,12+,13-;11-,12+,13-;2*8-,9+,10-;;/m11111../s1. The van der Waals surface area contributed by atoms with Crippen molar-refractivity contribution in [2.45, 2.75) is 243 Å². The Hall–Kier alpha value is 0.450. The summed E-state index contributed by atoms with van der Waals surface area (Å²) in [6.45, 7) is 43.4. The summed E-state index contributed by atoms with van der Waals surface area (Å²) in [5.41, 5.74) is 0. The predicted molar refractivity (Wildman–Crippen MR) is 300 cm³/mol. The second-order valence-electron chi connectivity index (χ2n) is 25.4. The molecule has 6 fully saturated rings. The molecule has 6 rings (SSSR count). The van der Waals surface area contributed by atoms with Crippen molar-refractivity contribution in [1.82, 2.24) is 0 Å². The molecule has 1 aliphatic heterocycles. The predicted octanol–water partition coefficient (Wildman–Crippen LogP) is 11.0. The second kappa shape index (κ2) is 40.6. The van der Waals surface area contributed by atoms with Gasteiger partial charge in [0.2, 0.25) is 0 Å². The minimum Gasteiger partial charge on any atom is -0.852 e. The molecule has 17 atom stereocenters. The van der Waals surface area contributed by atoms with E-state index in [1.807, 2.05) is 6.08 Å². The average Bonchev–Trinajstić information content (AvgIpc) is 4.14. The fourth-order valence-electron chi connectivity index (χ4n) is 12.1. The van der Waals surface area contributed by atoms with Crippen LogP contribution < -0.4 is 34.7 Å². The molecule has 6 aliphatic rings. The van der Waals surface area contributed by atoms with Crippen molar-refractivity contribution in [3.63, 3.8) is 0 Å². The van der Waals surface area contributed by atoms with E-state index >= 15 is 0 Å². The Kier molecular flexibility index (Phi) is 40.9. The van der Waals surface area contributed by atoms with E-state index in [0.29, 0.717) is 78.1 Å². The number of aliphatic hydroxyl groups excluding tert-OH is 3. The zero-order chi connectivity index (χ0) is 53.8. The van der Waals surface area contributed by atoms with E-state index in [-0.39, 0.29) is 61.1 Å². The van der Waals surface area contributed by atoms with Crippen molar-refractivity contribution >= 4 is 11.6 Å². The normalized spacial score (nSPS) is 34.7. The first-order chi connectivity index (χ1) is 33.5. The molecule has 422 valence electrons. The maximum Gasteiger partial charge on any atom is 1.00 e. The molecule has 3 N–H and O–H groups in total. The van der Waals surface area contributed by atoms with Crippen molar-refractivity contribution < 1.29 is 68.9 Å². The molecule has 0 aromatic heterocycles. The number of alkyl halides is 1. The molecule has 5 aliphatic carbocycles. The molecule has 0 aromatic carbocycles. The Morgan fingerprint density at radius 1 is 0.556 bits per heavy atom. The fraction of sp³-hybridized carbons (Fsp3) is 0.935. The Morgan fingerprint density at radius 3 is 1.24 bits per heavy atom. The van der Waals surface area contributed by atoms with Gasteiger partial charge >= 0.3 is 29.6 Å². The van der Waals surface area contributed by atoms with Crippen LogP contribution >= 0.6 is 11.6 Å². The van der Waals surface area contributed by atoms with Crippen LogP contribution in [-0.4, -0.2) is 97.0 Å². The number of hydrogen-bond donors (Lipinski definition) is 3. The molecule has 0 bridgehead atoms. The Balaban J connectivity index is 0.000000861. The molecule has 10 heteroatoms. The number of halogens is 1. The number of allylic oxidation sites excluding steroid dienone is 1. The van der Waals surface area contributed by atoms with Gasteiger partial charge in [0.05, 0.1) is 57.5 Å². The van der Waals surface area contributed by atoms with E-state index in [9.17, 15) is 15.3 Å². The van der Waals surface area contributed by atoms with Crippen LogP contribution in [0.3, 0.4) is 0 Å². The van der Waals surface area contributed by atoms with E-state index in [2.05, 4.69) is 117 Å². The van der Waals surface area contributed by atoms with Gasteiger partial charge < -0.3 is 39.4 Å². The van der Waals surface area contributed by atoms with E-state index < -0.39 is 6.10 Å². The summed E-state index contributed by atoms with van der Waals surface area (Å²) in [5.74, 6) is 10.8. The molecule has 1 heterocycles. The van der Waals surface area contributed by atoms with Crippen LogP contribution in [0.2, 0.25) is 0 Å². The largest absolute Gasteiger partial charge is 1.00 e. The SMILES string of the molecule is C=CCCl.C=CCO[C@@H]1C[C@H](C)CC[C@H]1C(C)C.CC(C)[C@@H]1CC[C@@H](C)C[C@H]1O.CC(C)[C@@H]1CC[C@@H](C)C[C@H]1OCC(O)CO.CC(C)[C@@H]1CC[C@@H](C)C[C@H]1OCC1CO1.CC(C)[C@@H]1CC[C@@H](C)C[C@H]1[O-].[Na+].